The first-order valence-corrected chi connectivity index (χ1v) is 6.48. The zero-order chi connectivity index (χ0) is 12.1. The lowest BCUT2D eigenvalue weighted by molar-refractivity contribution is 0.288. The molecule has 3 N–H and O–H groups in total. The van der Waals surface area contributed by atoms with Gasteiger partial charge in [0, 0.05) is 6.04 Å². The van der Waals surface area contributed by atoms with Crippen LogP contribution in [-0.4, -0.2) is 20.2 Å². The second kappa shape index (κ2) is 6.03. The Morgan fingerprint density at radius 1 is 1.47 bits per heavy atom. The van der Waals surface area contributed by atoms with Crippen molar-refractivity contribution in [2.24, 2.45) is 5.73 Å². The maximum Gasteiger partial charge on any atom is 0.122 e. The lowest BCUT2D eigenvalue weighted by Crippen LogP contribution is -2.18. The molecule has 0 aliphatic carbocycles. The Morgan fingerprint density at radius 2 is 2.35 bits per heavy atom. The summed E-state index contributed by atoms with van der Waals surface area (Å²) in [6, 6.07) is 6.97. The van der Waals surface area contributed by atoms with E-state index in [0.29, 0.717) is 6.04 Å². The van der Waals surface area contributed by atoms with Crippen LogP contribution in [0.5, 0.6) is 5.75 Å². The molecule has 0 saturated heterocycles. The molecule has 0 fully saturated rings. The zero-order valence-electron chi connectivity index (χ0n) is 10.5. The number of rotatable bonds is 5. The van der Waals surface area contributed by atoms with Gasteiger partial charge in [0.1, 0.15) is 5.75 Å². The van der Waals surface area contributed by atoms with Gasteiger partial charge in [0.15, 0.2) is 0 Å². The van der Waals surface area contributed by atoms with E-state index >= 15 is 0 Å². The molecule has 0 amide bonds. The van der Waals surface area contributed by atoms with Crippen molar-refractivity contribution in [1.29, 1.82) is 0 Å². The Morgan fingerprint density at radius 3 is 3.12 bits per heavy atom. The van der Waals surface area contributed by atoms with Gasteiger partial charge in [-0.05, 0) is 56.5 Å². The molecule has 1 atom stereocenters. The van der Waals surface area contributed by atoms with Gasteiger partial charge in [-0.3, -0.25) is 0 Å². The van der Waals surface area contributed by atoms with Crippen molar-refractivity contribution in [3.05, 3.63) is 29.3 Å². The topological polar surface area (TPSA) is 47.3 Å². The molecular formula is C14H22N2O. The van der Waals surface area contributed by atoms with Crippen LogP contribution in [0.2, 0.25) is 0 Å². The Kier molecular flexibility index (Phi) is 4.40. The molecule has 1 aliphatic rings. The molecule has 1 heterocycles. The number of hydrogen-bond donors (Lipinski definition) is 2. The summed E-state index contributed by atoms with van der Waals surface area (Å²) in [6.07, 6.45) is 4.41. The summed E-state index contributed by atoms with van der Waals surface area (Å²) in [5.74, 6) is 1.06. The molecule has 1 aromatic carbocycles. The van der Waals surface area contributed by atoms with Gasteiger partial charge in [-0.1, -0.05) is 12.1 Å². The molecule has 94 valence electrons. The Labute approximate surface area is 103 Å². The highest BCUT2D eigenvalue weighted by Crippen LogP contribution is 2.28. The van der Waals surface area contributed by atoms with Crippen LogP contribution in [0, 0.1) is 0 Å². The first kappa shape index (κ1) is 12.4. The molecule has 17 heavy (non-hydrogen) atoms. The molecule has 0 radical (unpaired) electrons. The van der Waals surface area contributed by atoms with E-state index in [9.17, 15) is 0 Å². The van der Waals surface area contributed by atoms with Crippen LogP contribution in [0.3, 0.4) is 0 Å². The van der Waals surface area contributed by atoms with Gasteiger partial charge >= 0.3 is 0 Å². The SMILES string of the molecule is CNC(CCCN)c1ccc2c(c1)CCCO2. The fraction of sp³-hybridized carbons (Fsp3) is 0.571. The molecule has 3 heteroatoms. The highest BCUT2D eigenvalue weighted by molar-refractivity contribution is 5.39. The molecule has 0 spiro atoms. The van der Waals surface area contributed by atoms with Crippen LogP contribution >= 0.6 is 0 Å². The summed E-state index contributed by atoms with van der Waals surface area (Å²) in [5.41, 5.74) is 8.27. The van der Waals surface area contributed by atoms with Crippen LogP contribution in [0.4, 0.5) is 0 Å². The third-order valence-electron chi connectivity index (χ3n) is 3.38. The van der Waals surface area contributed by atoms with Gasteiger partial charge < -0.3 is 15.8 Å². The van der Waals surface area contributed by atoms with Crippen molar-refractivity contribution >= 4 is 0 Å². The van der Waals surface area contributed by atoms with Gasteiger partial charge in [0.2, 0.25) is 0 Å². The van der Waals surface area contributed by atoms with Crippen molar-refractivity contribution in [2.75, 3.05) is 20.2 Å². The van der Waals surface area contributed by atoms with E-state index < -0.39 is 0 Å². The molecule has 0 bridgehead atoms. The minimum Gasteiger partial charge on any atom is -0.493 e. The summed E-state index contributed by atoms with van der Waals surface area (Å²) in [5, 5.41) is 3.36. The molecule has 0 saturated carbocycles. The lowest BCUT2D eigenvalue weighted by atomic mass is 9.97. The average Bonchev–Trinajstić information content (AvgIpc) is 2.39. The van der Waals surface area contributed by atoms with E-state index in [1.54, 1.807) is 0 Å². The van der Waals surface area contributed by atoms with Crippen LogP contribution in [0.1, 0.15) is 36.4 Å². The molecule has 3 nitrogen and oxygen atoms in total. The van der Waals surface area contributed by atoms with Crippen molar-refractivity contribution in [3.8, 4) is 5.75 Å². The van der Waals surface area contributed by atoms with E-state index in [2.05, 4.69) is 23.5 Å². The number of nitrogens with two attached hydrogens (primary N) is 1. The van der Waals surface area contributed by atoms with E-state index in [0.717, 1.165) is 44.6 Å². The molecule has 0 aromatic heterocycles. The quantitative estimate of drug-likeness (QED) is 0.819. The Hall–Kier alpha value is -1.06. The molecular weight excluding hydrogens is 212 g/mol. The van der Waals surface area contributed by atoms with E-state index in [-0.39, 0.29) is 0 Å². The standard InChI is InChI=1S/C14H22N2O/c1-16-13(5-2-8-15)11-6-7-14-12(10-11)4-3-9-17-14/h6-7,10,13,16H,2-5,8-9,15H2,1H3. The molecule has 1 aromatic rings. The van der Waals surface area contributed by atoms with Crippen LogP contribution in [0.25, 0.3) is 0 Å². The molecule has 2 rings (SSSR count). The summed E-state index contributed by atoms with van der Waals surface area (Å²) in [7, 11) is 2.01. The van der Waals surface area contributed by atoms with Gasteiger partial charge in [0.05, 0.1) is 6.61 Å². The van der Waals surface area contributed by atoms with Crippen molar-refractivity contribution < 1.29 is 4.74 Å². The van der Waals surface area contributed by atoms with Crippen molar-refractivity contribution in [3.63, 3.8) is 0 Å². The first-order chi connectivity index (χ1) is 8.35. The van der Waals surface area contributed by atoms with Crippen molar-refractivity contribution in [1.82, 2.24) is 5.32 Å². The number of benzene rings is 1. The number of ether oxygens (including phenoxy) is 1. The fourth-order valence-corrected chi connectivity index (χ4v) is 2.40. The third-order valence-corrected chi connectivity index (χ3v) is 3.38. The lowest BCUT2D eigenvalue weighted by Gasteiger charge is -2.21. The number of aryl methyl sites for hydroxylation is 1. The van der Waals surface area contributed by atoms with Gasteiger partial charge in [-0.25, -0.2) is 0 Å². The maximum atomic E-state index is 5.63. The first-order valence-electron chi connectivity index (χ1n) is 6.48. The largest absolute Gasteiger partial charge is 0.493 e. The summed E-state index contributed by atoms with van der Waals surface area (Å²) < 4.78 is 5.63. The predicted octanol–water partition coefficient (Wildman–Crippen LogP) is 2.01. The number of nitrogens with one attached hydrogen (secondary N) is 1. The normalized spacial score (nSPS) is 16.1. The van der Waals surface area contributed by atoms with Crippen LogP contribution in [-0.2, 0) is 6.42 Å². The molecule has 1 unspecified atom stereocenters. The monoisotopic (exact) mass is 234 g/mol. The second-order valence-corrected chi connectivity index (χ2v) is 4.59. The van der Waals surface area contributed by atoms with E-state index in [1.807, 2.05) is 7.05 Å². The highest BCUT2D eigenvalue weighted by atomic mass is 16.5. The summed E-state index contributed by atoms with van der Waals surface area (Å²) in [6.45, 7) is 1.61. The smallest absolute Gasteiger partial charge is 0.122 e. The minimum absolute atomic E-state index is 0.408. The van der Waals surface area contributed by atoms with Gasteiger partial charge in [-0.2, -0.15) is 0 Å². The fourth-order valence-electron chi connectivity index (χ4n) is 2.40. The van der Waals surface area contributed by atoms with Crippen LogP contribution < -0.4 is 15.8 Å². The van der Waals surface area contributed by atoms with Gasteiger partial charge in [-0.15, -0.1) is 0 Å². The van der Waals surface area contributed by atoms with E-state index in [1.165, 1.54) is 11.1 Å². The predicted molar refractivity (Wildman–Crippen MR) is 70.3 cm³/mol. The Balaban J connectivity index is 2.13. The Bertz CT molecular complexity index is 365. The molecule has 1 aliphatic heterocycles. The zero-order valence-corrected chi connectivity index (χ0v) is 10.5. The van der Waals surface area contributed by atoms with E-state index in [4.69, 9.17) is 10.5 Å². The minimum atomic E-state index is 0.408. The highest BCUT2D eigenvalue weighted by Gasteiger charge is 2.14. The number of fused-ring (bicyclic) bond motifs is 1. The second-order valence-electron chi connectivity index (χ2n) is 4.59. The third kappa shape index (κ3) is 2.99. The summed E-state index contributed by atoms with van der Waals surface area (Å²) >= 11 is 0. The summed E-state index contributed by atoms with van der Waals surface area (Å²) in [4.78, 5) is 0. The van der Waals surface area contributed by atoms with Gasteiger partial charge in [0.25, 0.3) is 0 Å². The average molecular weight is 234 g/mol. The van der Waals surface area contributed by atoms with Crippen molar-refractivity contribution in [2.45, 2.75) is 31.7 Å². The van der Waals surface area contributed by atoms with Crippen LogP contribution in [0.15, 0.2) is 18.2 Å². The maximum absolute atomic E-state index is 5.63. The number of hydrogen-bond acceptors (Lipinski definition) is 3.